The van der Waals surface area contributed by atoms with Crippen molar-refractivity contribution in [1.29, 1.82) is 0 Å². The third kappa shape index (κ3) is 2.52. The number of aryl methyl sites for hydroxylation is 1. The second kappa shape index (κ2) is 5.26. The Morgan fingerprint density at radius 1 is 1.29 bits per heavy atom. The minimum absolute atomic E-state index is 0.269. The molecule has 3 aromatic rings. The number of fused-ring (bicyclic) bond motifs is 1. The van der Waals surface area contributed by atoms with Crippen molar-refractivity contribution in [2.24, 2.45) is 5.73 Å². The van der Waals surface area contributed by atoms with E-state index in [1.54, 1.807) is 12.1 Å². The second-order valence-electron chi connectivity index (χ2n) is 4.94. The first-order chi connectivity index (χ1) is 10.1. The molecule has 106 valence electrons. The fourth-order valence-electron chi connectivity index (χ4n) is 2.43. The molecule has 2 N–H and O–H groups in total. The third-order valence-corrected chi connectivity index (χ3v) is 3.55. The number of thiocarbonyl (C=S) groups is 1. The molecular weight excluding hydrogens is 285 g/mol. The highest BCUT2D eigenvalue weighted by atomic mass is 32.1. The zero-order chi connectivity index (χ0) is 15.0. The molecular formula is C16H14FN3S. The summed E-state index contributed by atoms with van der Waals surface area (Å²) in [7, 11) is 0. The van der Waals surface area contributed by atoms with Crippen LogP contribution in [0.5, 0.6) is 0 Å². The van der Waals surface area contributed by atoms with E-state index in [4.69, 9.17) is 22.9 Å². The number of pyridine rings is 1. The summed E-state index contributed by atoms with van der Waals surface area (Å²) in [6.45, 7) is 2.00. The molecule has 0 spiro atoms. The lowest BCUT2D eigenvalue weighted by Gasteiger charge is -2.04. The van der Waals surface area contributed by atoms with Crippen LogP contribution in [0.25, 0.3) is 16.9 Å². The summed E-state index contributed by atoms with van der Waals surface area (Å²) >= 11 is 5.05. The number of benzene rings is 1. The van der Waals surface area contributed by atoms with Crippen LogP contribution in [0.2, 0.25) is 0 Å². The average Bonchev–Trinajstić information content (AvgIpc) is 2.80. The topological polar surface area (TPSA) is 43.3 Å². The van der Waals surface area contributed by atoms with Crippen LogP contribution in [0.1, 0.15) is 11.3 Å². The fraction of sp³-hybridized carbons (Fsp3) is 0.125. The molecule has 0 aliphatic rings. The monoisotopic (exact) mass is 299 g/mol. The number of nitrogens with two attached hydrogens (primary N) is 1. The molecule has 0 aliphatic heterocycles. The maximum atomic E-state index is 13.1. The van der Waals surface area contributed by atoms with Gasteiger partial charge in [0.15, 0.2) is 0 Å². The maximum Gasteiger partial charge on any atom is 0.140 e. The lowest BCUT2D eigenvalue weighted by atomic mass is 10.1. The van der Waals surface area contributed by atoms with Crippen LogP contribution in [0.4, 0.5) is 4.39 Å². The first kappa shape index (κ1) is 13.7. The van der Waals surface area contributed by atoms with E-state index in [9.17, 15) is 4.39 Å². The molecule has 0 amide bonds. The van der Waals surface area contributed by atoms with Gasteiger partial charge in [0.05, 0.1) is 16.4 Å². The maximum absolute atomic E-state index is 13.1. The molecule has 0 fully saturated rings. The predicted octanol–water partition coefficient (Wildman–Crippen LogP) is 3.28. The zero-order valence-electron chi connectivity index (χ0n) is 11.5. The number of nitrogens with zero attached hydrogens (tertiary/aromatic N) is 2. The van der Waals surface area contributed by atoms with Gasteiger partial charge in [0.25, 0.3) is 0 Å². The van der Waals surface area contributed by atoms with Crippen LogP contribution >= 0.6 is 12.2 Å². The summed E-state index contributed by atoms with van der Waals surface area (Å²) < 4.78 is 15.1. The normalized spacial score (nSPS) is 11.0. The van der Waals surface area contributed by atoms with Crippen LogP contribution in [0.15, 0.2) is 42.6 Å². The Hall–Kier alpha value is -2.27. The Labute approximate surface area is 127 Å². The van der Waals surface area contributed by atoms with Gasteiger partial charge in [0.2, 0.25) is 0 Å². The summed E-state index contributed by atoms with van der Waals surface area (Å²) in [6, 6.07) is 10.3. The lowest BCUT2D eigenvalue weighted by Crippen LogP contribution is -2.13. The van der Waals surface area contributed by atoms with E-state index in [1.807, 2.05) is 29.7 Å². The molecule has 2 aromatic heterocycles. The molecule has 0 unspecified atom stereocenters. The Kier molecular flexibility index (Phi) is 3.43. The van der Waals surface area contributed by atoms with Gasteiger partial charge in [-0.25, -0.2) is 9.37 Å². The molecule has 0 radical (unpaired) electrons. The van der Waals surface area contributed by atoms with Gasteiger partial charge < -0.3 is 10.1 Å². The minimum atomic E-state index is -0.269. The number of rotatable bonds is 3. The Morgan fingerprint density at radius 2 is 2.00 bits per heavy atom. The second-order valence-corrected chi connectivity index (χ2v) is 5.47. The summed E-state index contributed by atoms with van der Waals surface area (Å²) in [6.07, 6.45) is 2.39. The quantitative estimate of drug-likeness (QED) is 0.755. The van der Waals surface area contributed by atoms with Crippen LogP contribution in [0, 0.1) is 12.7 Å². The van der Waals surface area contributed by atoms with E-state index in [1.165, 1.54) is 12.1 Å². The number of hydrogen-bond donors (Lipinski definition) is 1. The molecule has 5 heteroatoms. The van der Waals surface area contributed by atoms with Gasteiger partial charge in [0.1, 0.15) is 11.5 Å². The van der Waals surface area contributed by atoms with E-state index in [0.717, 1.165) is 28.2 Å². The van der Waals surface area contributed by atoms with E-state index in [-0.39, 0.29) is 5.82 Å². The lowest BCUT2D eigenvalue weighted by molar-refractivity contribution is 0.628. The summed E-state index contributed by atoms with van der Waals surface area (Å²) in [4.78, 5) is 5.09. The molecule has 3 nitrogen and oxygen atoms in total. The van der Waals surface area contributed by atoms with Gasteiger partial charge >= 0.3 is 0 Å². The van der Waals surface area contributed by atoms with Crippen molar-refractivity contribution >= 4 is 22.9 Å². The first-order valence-electron chi connectivity index (χ1n) is 6.57. The fourth-order valence-corrected chi connectivity index (χ4v) is 2.56. The van der Waals surface area contributed by atoms with Crippen molar-refractivity contribution in [3.8, 4) is 11.3 Å². The summed E-state index contributed by atoms with van der Waals surface area (Å²) in [5.74, 6) is -0.269. The van der Waals surface area contributed by atoms with E-state index in [2.05, 4.69) is 0 Å². The smallest absolute Gasteiger partial charge is 0.140 e. The number of halogens is 1. The van der Waals surface area contributed by atoms with Crippen molar-refractivity contribution in [2.45, 2.75) is 13.3 Å². The number of hydrogen-bond acceptors (Lipinski definition) is 2. The van der Waals surface area contributed by atoms with Gasteiger partial charge in [-0.3, -0.25) is 0 Å². The largest absolute Gasteiger partial charge is 0.393 e. The molecule has 21 heavy (non-hydrogen) atoms. The highest BCUT2D eigenvalue weighted by molar-refractivity contribution is 7.80. The van der Waals surface area contributed by atoms with Crippen molar-refractivity contribution in [3.05, 3.63) is 59.7 Å². The van der Waals surface area contributed by atoms with E-state index < -0.39 is 0 Å². The van der Waals surface area contributed by atoms with E-state index >= 15 is 0 Å². The van der Waals surface area contributed by atoms with Crippen molar-refractivity contribution < 1.29 is 4.39 Å². The average molecular weight is 299 g/mol. The third-order valence-electron chi connectivity index (χ3n) is 3.40. The van der Waals surface area contributed by atoms with Crippen LogP contribution in [-0.2, 0) is 6.42 Å². The van der Waals surface area contributed by atoms with Gasteiger partial charge in [-0.15, -0.1) is 0 Å². The molecule has 0 bridgehead atoms. The highest BCUT2D eigenvalue weighted by Gasteiger charge is 2.15. The minimum Gasteiger partial charge on any atom is -0.393 e. The molecule has 3 rings (SSSR count). The van der Waals surface area contributed by atoms with Crippen molar-refractivity contribution in [3.63, 3.8) is 0 Å². The van der Waals surface area contributed by atoms with Crippen molar-refractivity contribution in [1.82, 2.24) is 9.38 Å². The van der Waals surface area contributed by atoms with Crippen molar-refractivity contribution in [2.75, 3.05) is 0 Å². The van der Waals surface area contributed by atoms with Gasteiger partial charge in [-0.05, 0) is 42.8 Å². The number of aromatic nitrogens is 2. The SMILES string of the molecule is Cc1cccn2c(CC(N)=S)c(-c3ccc(F)cc3)nc12. The van der Waals surface area contributed by atoms with Gasteiger partial charge in [-0.1, -0.05) is 18.3 Å². The standard InChI is InChI=1S/C16H14FN3S/c1-10-3-2-8-20-13(9-14(18)21)15(19-16(10)20)11-4-6-12(17)7-5-11/h2-8H,9H2,1H3,(H2,18,21). The predicted molar refractivity (Wildman–Crippen MR) is 85.8 cm³/mol. The summed E-state index contributed by atoms with van der Waals surface area (Å²) in [5.41, 5.74) is 10.2. The zero-order valence-corrected chi connectivity index (χ0v) is 12.3. The Morgan fingerprint density at radius 3 is 2.67 bits per heavy atom. The van der Waals surface area contributed by atoms with Crippen LogP contribution in [-0.4, -0.2) is 14.4 Å². The van der Waals surface area contributed by atoms with Gasteiger partial charge in [-0.2, -0.15) is 0 Å². The first-order valence-corrected chi connectivity index (χ1v) is 6.98. The summed E-state index contributed by atoms with van der Waals surface area (Å²) in [5, 5.41) is 0. The molecule has 0 aliphatic carbocycles. The highest BCUT2D eigenvalue weighted by Crippen LogP contribution is 2.26. The molecule has 1 aromatic carbocycles. The van der Waals surface area contributed by atoms with Crippen LogP contribution < -0.4 is 5.73 Å². The van der Waals surface area contributed by atoms with Crippen LogP contribution in [0.3, 0.4) is 0 Å². The molecule has 0 atom stereocenters. The van der Waals surface area contributed by atoms with Gasteiger partial charge in [0, 0.05) is 18.2 Å². The molecule has 0 saturated heterocycles. The number of imidazole rings is 1. The molecule has 0 saturated carbocycles. The van der Waals surface area contributed by atoms with E-state index in [0.29, 0.717) is 11.4 Å². The Bertz CT molecular complexity index is 821. The Balaban J connectivity index is 2.27. The molecule has 2 heterocycles.